The number of hydrogen-bond acceptors (Lipinski definition) is 6. The van der Waals surface area contributed by atoms with E-state index in [-0.39, 0.29) is 12.2 Å². The van der Waals surface area contributed by atoms with Crippen molar-refractivity contribution in [1.82, 2.24) is 5.43 Å². The Bertz CT molecular complexity index is 1450. The summed E-state index contributed by atoms with van der Waals surface area (Å²) in [6, 6.07) is 23.0. The van der Waals surface area contributed by atoms with E-state index < -0.39 is 11.9 Å². The van der Waals surface area contributed by atoms with Gasteiger partial charge in [0.2, 0.25) is 0 Å². The third-order valence-electron chi connectivity index (χ3n) is 5.47. The molecule has 36 heavy (non-hydrogen) atoms. The summed E-state index contributed by atoms with van der Waals surface area (Å²) in [4.78, 5) is 24.1. The van der Waals surface area contributed by atoms with Crippen molar-refractivity contribution >= 4 is 28.9 Å². The molecular formula is C28H24N2O6. The number of carbonyl (C=O) groups is 2. The molecule has 0 aliphatic rings. The van der Waals surface area contributed by atoms with Crippen LogP contribution in [0.3, 0.4) is 0 Å². The molecule has 182 valence electrons. The molecule has 8 heteroatoms. The molecule has 0 saturated carbocycles. The van der Waals surface area contributed by atoms with Gasteiger partial charge in [-0.3, -0.25) is 4.79 Å². The van der Waals surface area contributed by atoms with E-state index in [0.29, 0.717) is 33.9 Å². The van der Waals surface area contributed by atoms with Crippen molar-refractivity contribution < 1.29 is 28.9 Å². The molecule has 1 amide bonds. The van der Waals surface area contributed by atoms with Crippen LogP contribution >= 0.6 is 0 Å². The number of rotatable bonds is 9. The Hall–Kier alpha value is -4.85. The van der Waals surface area contributed by atoms with E-state index in [2.05, 4.69) is 10.5 Å². The molecule has 8 nitrogen and oxygen atoms in total. The van der Waals surface area contributed by atoms with Crippen LogP contribution in [0.15, 0.2) is 84.0 Å². The smallest absolute Gasteiger partial charge is 0.335 e. The minimum Gasteiger partial charge on any atom is -0.496 e. The minimum atomic E-state index is -1.01. The first-order valence-electron chi connectivity index (χ1n) is 11.0. The van der Waals surface area contributed by atoms with Crippen molar-refractivity contribution in [2.45, 2.75) is 6.61 Å². The van der Waals surface area contributed by atoms with E-state index in [1.807, 2.05) is 24.3 Å². The van der Waals surface area contributed by atoms with Crippen molar-refractivity contribution in [2.24, 2.45) is 5.10 Å². The molecular weight excluding hydrogens is 460 g/mol. The van der Waals surface area contributed by atoms with Gasteiger partial charge in [-0.2, -0.15) is 5.10 Å². The van der Waals surface area contributed by atoms with Crippen LogP contribution in [-0.4, -0.2) is 37.4 Å². The number of benzene rings is 4. The molecule has 0 aliphatic carbocycles. The molecule has 0 aliphatic heterocycles. The van der Waals surface area contributed by atoms with E-state index in [1.54, 1.807) is 48.5 Å². The van der Waals surface area contributed by atoms with Crippen molar-refractivity contribution in [3.63, 3.8) is 0 Å². The Morgan fingerprint density at radius 1 is 0.889 bits per heavy atom. The summed E-state index contributed by atoms with van der Waals surface area (Å²) in [5.41, 5.74) is 4.31. The van der Waals surface area contributed by atoms with Gasteiger partial charge in [-0.05, 0) is 52.7 Å². The highest BCUT2D eigenvalue weighted by Crippen LogP contribution is 2.31. The van der Waals surface area contributed by atoms with E-state index >= 15 is 0 Å². The van der Waals surface area contributed by atoms with Gasteiger partial charge in [0, 0.05) is 5.56 Å². The van der Waals surface area contributed by atoms with Crippen molar-refractivity contribution in [3.8, 4) is 17.2 Å². The molecule has 0 saturated heterocycles. The standard InChI is InChI=1S/C28H24N2O6/c1-34-24-12-6-11-22(26(24)36-17-18-7-5-10-21(13-18)28(32)33)16-29-30-27(31)23-14-19-8-3-4-9-20(19)15-25(23)35-2/h3-16H,17H2,1-2H3,(H,30,31)(H,32,33)/b29-16-. The number of hydrogen-bond donors (Lipinski definition) is 2. The molecule has 2 N–H and O–H groups in total. The normalized spacial score (nSPS) is 10.8. The highest BCUT2D eigenvalue weighted by Gasteiger charge is 2.14. The summed E-state index contributed by atoms with van der Waals surface area (Å²) >= 11 is 0. The molecule has 4 aromatic carbocycles. The lowest BCUT2D eigenvalue weighted by Gasteiger charge is -2.13. The molecule has 4 aromatic rings. The molecule has 0 heterocycles. The number of nitrogens with zero attached hydrogens (tertiary/aromatic N) is 1. The number of aromatic carboxylic acids is 1. The second-order valence-electron chi connectivity index (χ2n) is 7.77. The van der Waals surface area contributed by atoms with Gasteiger partial charge in [-0.25, -0.2) is 10.2 Å². The number of amides is 1. The number of fused-ring (bicyclic) bond motifs is 1. The van der Waals surface area contributed by atoms with Crippen LogP contribution in [0.1, 0.15) is 31.8 Å². The summed E-state index contributed by atoms with van der Waals surface area (Å²) in [5, 5.41) is 15.2. The van der Waals surface area contributed by atoms with Crippen LogP contribution in [0.5, 0.6) is 17.2 Å². The number of hydrazone groups is 1. The molecule has 4 rings (SSSR count). The Balaban J connectivity index is 1.53. The van der Waals surface area contributed by atoms with Gasteiger partial charge in [-0.1, -0.05) is 42.5 Å². The van der Waals surface area contributed by atoms with Crippen molar-refractivity contribution in [2.75, 3.05) is 14.2 Å². The zero-order valence-electron chi connectivity index (χ0n) is 19.7. The first-order chi connectivity index (χ1) is 17.5. The lowest BCUT2D eigenvalue weighted by atomic mass is 10.1. The van der Waals surface area contributed by atoms with Crippen LogP contribution in [0.25, 0.3) is 10.8 Å². The predicted molar refractivity (Wildman–Crippen MR) is 136 cm³/mol. The average Bonchev–Trinajstić information content (AvgIpc) is 2.91. The highest BCUT2D eigenvalue weighted by atomic mass is 16.5. The SMILES string of the molecule is COc1cc2ccccc2cc1C(=O)N/N=C\c1cccc(OC)c1OCc1cccc(C(=O)O)c1. The van der Waals surface area contributed by atoms with Crippen LogP contribution in [0.4, 0.5) is 0 Å². The van der Waals surface area contributed by atoms with E-state index in [9.17, 15) is 14.7 Å². The number of nitrogens with one attached hydrogen (secondary N) is 1. The van der Waals surface area contributed by atoms with Gasteiger partial charge in [0.1, 0.15) is 12.4 Å². The maximum atomic E-state index is 12.9. The first-order valence-corrected chi connectivity index (χ1v) is 11.0. The fourth-order valence-corrected chi connectivity index (χ4v) is 3.69. The monoisotopic (exact) mass is 484 g/mol. The topological polar surface area (TPSA) is 106 Å². The maximum absolute atomic E-state index is 12.9. The fourth-order valence-electron chi connectivity index (χ4n) is 3.69. The summed E-state index contributed by atoms with van der Waals surface area (Å²) < 4.78 is 16.8. The Labute approximate surface area is 207 Å². The van der Waals surface area contributed by atoms with Gasteiger partial charge in [-0.15, -0.1) is 0 Å². The zero-order chi connectivity index (χ0) is 25.5. The quantitative estimate of drug-likeness (QED) is 0.259. The summed E-state index contributed by atoms with van der Waals surface area (Å²) in [6.45, 7) is 0.114. The fraction of sp³-hybridized carbons (Fsp3) is 0.107. The lowest BCUT2D eigenvalue weighted by Crippen LogP contribution is -2.18. The maximum Gasteiger partial charge on any atom is 0.335 e. The molecule has 0 aromatic heterocycles. The van der Waals surface area contributed by atoms with Gasteiger partial charge >= 0.3 is 5.97 Å². The Kier molecular flexibility index (Phi) is 7.45. The highest BCUT2D eigenvalue weighted by molar-refractivity contribution is 6.02. The molecule has 0 fully saturated rings. The molecule has 0 spiro atoms. The van der Waals surface area contributed by atoms with Crippen LogP contribution < -0.4 is 19.6 Å². The largest absolute Gasteiger partial charge is 0.496 e. The number of ether oxygens (including phenoxy) is 3. The second kappa shape index (κ2) is 11.1. The number of methoxy groups -OCH3 is 2. The molecule has 0 unspecified atom stereocenters. The van der Waals surface area contributed by atoms with Crippen LogP contribution in [0.2, 0.25) is 0 Å². The van der Waals surface area contributed by atoms with Crippen LogP contribution in [0, 0.1) is 0 Å². The van der Waals surface area contributed by atoms with Crippen molar-refractivity contribution in [1.29, 1.82) is 0 Å². The first kappa shape index (κ1) is 24.3. The number of para-hydroxylation sites is 1. The van der Waals surface area contributed by atoms with Gasteiger partial charge in [0.15, 0.2) is 11.5 Å². The van der Waals surface area contributed by atoms with Gasteiger partial charge < -0.3 is 19.3 Å². The Morgan fingerprint density at radius 3 is 2.33 bits per heavy atom. The summed E-state index contributed by atoms with van der Waals surface area (Å²) in [6.07, 6.45) is 1.46. The molecule has 0 bridgehead atoms. The number of carbonyl (C=O) groups excluding carboxylic acids is 1. The van der Waals surface area contributed by atoms with Crippen molar-refractivity contribution in [3.05, 3.63) is 101 Å². The third-order valence-corrected chi connectivity index (χ3v) is 5.47. The Morgan fingerprint density at radius 2 is 1.61 bits per heavy atom. The second-order valence-corrected chi connectivity index (χ2v) is 7.77. The van der Waals surface area contributed by atoms with Gasteiger partial charge in [0.25, 0.3) is 5.91 Å². The lowest BCUT2D eigenvalue weighted by molar-refractivity contribution is 0.0696. The number of carboxylic acid groups (broad SMARTS) is 1. The van der Waals surface area contributed by atoms with Gasteiger partial charge in [0.05, 0.1) is 31.6 Å². The summed E-state index contributed by atoms with van der Waals surface area (Å²) in [5.74, 6) is -0.126. The van der Waals surface area contributed by atoms with E-state index in [0.717, 1.165) is 10.8 Å². The predicted octanol–water partition coefficient (Wildman–Crippen LogP) is 4.90. The zero-order valence-corrected chi connectivity index (χ0v) is 19.7. The van der Waals surface area contributed by atoms with E-state index in [4.69, 9.17) is 14.2 Å². The molecule has 0 radical (unpaired) electrons. The third kappa shape index (κ3) is 5.44. The molecule has 0 atom stereocenters. The average molecular weight is 485 g/mol. The summed E-state index contributed by atoms with van der Waals surface area (Å²) in [7, 11) is 3.03. The number of carboxylic acids is 1. The van der Waals surface area contributed by atoms with Crippen LogP contribution in [-0.2, 0) is 6.61 Å². The minimum absolute atomic E-state index is 0.114. The van der Waals surface area contributed by atoms with E-state index in [1.165, 1.54) is 26.5 Å².